The van der Waals surface area contributed by atoms with Crippen molar-refractivity contribution in [1.29, 1.82) is 0 Å². The van der Waals surface area contributed by atoms with Crippen LogP contribution in [0.5, 0.6) is 5.75 Å². The molecule has 0 bridgehead atoms. The molecule has 2 rings (SSSR count). The number of nitrogens with one attached hydrogen (secondary N) is 2. The molecule has 2 N–H and O–H groups in total. The van der Waals surface area contributed by atoms with E-state index in [1.165, 1.54) is 11.1 Å². The zero-order valence-corrected chi connectivity index (χ0v) is 17.5. The SMILES string of the molecule is CN=C(NCCC(C)c1ccccc1)NCc1ccc(OC)cc1.I. The summed E-state index contributed by atoms with van der Waals surface area (Å²) in [5, 5.41) is 6.71. The Bertz CT molecular complexity index is 629. The van der Waals surface area contributed by atoms with Gasteiger partial charge < -0.3 is 15.4 Å². The molecule has 1 atom stereocenters. The number of guanidine groups is 1. The van der Waals surface area contributed by atoms with Gasteiger partial charge in [-0.15, -0.1) is 24.0 Å². The molecule has 0 aromatic heterocycles. The highest BCUT2D eigenvalue weighted by Crippen LogP contribution is 2.17. The molecule has 0 aliphatic rings. The number of rotatable bonds is 7. The summed E-state index contributed by atoms with van der Waals surface area (Å²) in [4.78, 5) is 4.28. The van der Waals surface area contributed by atoms with E-state index < -0.39 is 0 Å². The number of aliphatic imine (C=N–C) groups is 1. The van der Waals surface area contributed by atoms with Crippen molar-refractivity contribution in [3.8, 4) is 5.75 Å². The number of nitrogens with zero attached hydrogens (tertiary/aromatic N) is 1. The monoisotopic (exact) mass is 453 g/mol. The van der Waals surface area contributed by atoms with Crippen molar-refractivity contribution in [1.82, 2.24) is 10.6 Å². The Kier molecular flexibility index (Phi) is 9.99. The second kappa shape index (κ2) is 11.7. The predicted molar refractivity (Wildman–Crippen MR) is 116 cm³/mol. The Morgan fingerprint density at radius 1 is 1.04 bits per heavy atom. The summed E-state index contributed by atoms with van der Waals surface area (Å²) in [5.74, 6) is 2.22. The summed E-state index contributed by atoms with van der Waals surface area (Å²) in [6.07, 6.45) is 1.06. The molecule has 0 radical (unpaired) electrons. The van der Waals surface area contributed by atoms with Crippen LogP contribution in [0.2, 0.25) is 0 Å². The van der Waals surface area contributed by atoms with Gasteiger partial charge in [0.15, 0.2) is 5.96 Å². The lowest BCUT2D eigenvalue weighted by molar-refractivity contribution is 0.414. The average Bonchev–Trinajstić information content (AvgIpc) is 2.65. The molecule has 0 heterocycles. The smallest absolute Gasteiger partial charge is 0.191 e. The maximum Gasteiger partial charge on any atom is 0.191 e. The van der Waals surface area contributed by atoms with E-state index >= 15 is 0 Å². The summed E-state index contributed by atoms with van der Waals surface area (Å²) < 4.78 is 5.17. The second-order valence-corrected chi connectivity index (χ2v) is 5.80. The minimum atomic E-state index is 0. The van der Waals surface area contributed by atoms with Crippen molar-refractivity contribution >= 4 is 29.9 Å². The van der Waals surface area contributed by atoms with E-state index in [2.05, 4.69) is 65.0 Å². The predicted octanol–water partition coefficient (Wildman–Crippen LogP) is 4.17. The van der Waals surface area contributed by atoms with Gasteiger partial charge in [-0.2, -0.15) is 0 Å². The van der Waals surface area contributed by atoms with E-state index in [4.69, 9.17) is 4.74 Å². The van der Waals surface area contributed by atoms with E-state index in [0.29, 0.717) is 5.92 Å². The molecule has 0 amide bonds. The molecule has 0 fully saturated rings. The van der Waals surface area contributed by atoms with Gasteiger partial charge >= 0.3 is 0 Å². The summed E-state index contributed by atoms with van der Waals surface area (Å²) in [5.41, 5.74) is 2.57. The Morgan fingerprint density at radius 3 is 2.32 bits per heavy atom. The summed E-state index contributed by atoms with van der Waals surface area (Å²) in [7, 11) is 3.47. The van der Waals surface area contributed by atoms with E-state index in [9.17, 15) is 0 Å². The average molecular weight is 453 g/mol. The zero-order chi connectivity index (χ0) is 17.2. The molecule has 2 aromatic rings. The van der Waals surface area contributed by atoms with E-state index in [-0.39, 0.29) is 24.0 Å². The summed E-state index contributed by atoms with van der Waals surface area (Å²) in [6, 6.07) is 18.6. The van der Waals surface area contributed by atoms with Crippen LogP contribution in [0.15, 0.2) is 59.6 Å². The lowest BCUT2D eigenvalue weighted by Gasteiger charge is -2.15. The Labute approximate surface area is 168 Å². The maximum absolute atomic E-state index is 5.17. The van der Waals surface area contributed by atoms with Gasteiger partial charge in [-0.05, 0) is 35.6 Å². The molecule has 5 heteroatoms. The minimum absolute atomic E-state index is 0. The van der Waals surface area contributed by atoms with Crippen molar-refractivity contribution in [2.24, 2.45) is 4.99 Å². The van der Waals surface area contributed by atoms with E-state index in [0.717, 1.165) is 31.2 Å². The Morgan fingerprint density at radius 2 is 1.72 bits per heavy atom. The van der Waals surface area contributed by atoms with Crippen molar-refractivity contribution in [2.75, 3.05) is 20.7 Å². The van der Waals surface area contributed by atoms with Gasteiger partial charge in [0.05, 0.1) is 7.11 Å². The first-order valence-corrected chi connectivity index (χ1v) is 8.35. The van der Waals surface area contributed by atoms with Gasteiger partial charge in [0, 0.05) is 20.1 Å². The molecule has 2 aromatic carbocycles. The van der Waals surface area contributed by atoms with Crippen LogP contribution in [0.4, 0.5) is 0 Å². The molecule has 0 saturated heterocycles. The lowest BCUT2D eigenvalue weighted by atomic mass is 9.98. The van der Waals surface area contributed by atoms with Crippen molar-refractivity contribution in [3.05, 3.63) is 65.7 Å². The van der Waals surface area contributed by atoms with Gasteiger partial charge in [0.1, 0.15) is 5.75 Å². The molecule has 0 aliphatic heterocycles. The lowest BCUT2D eigenvalue weighted by Crippen LogP contribution is -2.37. The van der Waals surface area contributed by atoms with Crippen molar-refractivity contribution < 1.29 is 4.74 Å². The van der Waals surface area contributed by atoms with Gasteiger partial charge in [-0.25, -0.2) is 0 Å². The van der Waals surface area contributed by atoms with Gasteiger partial charge in [-0.1, -0.05) is 49.4 Å². The first-order chi connectivity index (χ1) is 11.7. The van der Waals surface area contributed by atoms with Crippen LogP contribution < -0.4 is 15.4 Å². The maximum atomic E-state index is 5.17. The van der Waals surface area contributed by atoms with Gasteiger partial charge in [-0.3, -0.25) is 4.99 Å². The fourth-order valence-electron chi connectivity index (χ4n) is 2.51. The van der Waals surface area contributed by atoms with E-state index in [1.807, 2.05) is 12.1 Å². The quantitative estimate of drug-likeness (QED) is 0.376. The van der Waals surface area contributed by atoms with E-state index in [1.54, 1.807) is 14.2 Å². The summed E-state index contributed by atoms with van der Waals surface area (Å²) in [6.45, 7) is 3.88. The van der Waals surface area contributed by atoms with Crippen molar-refractivity contribution in [2.45, 2.75) is 25.8 Å². The van der Waals surface area contributed by atoms with Gasteiger partial charge in [0.2, 0.25) is 0 Å². The topological polar surface area (TPSA) is 45.7 Å². The third kappa shape index (κ3) is 7.34. The normalized spacial score (nSPS) is 12.0. The second-order valence-electron chi connectivity index (χ2n) is 5.80. The molecule has 1 unspecified atom stereocenters. The van der Waals surface area contributed by atoms with Crippen LogP contribution in [-0.2, 0) is 6.54 Å². The number of hydrogen-bond donors (Lipinski definition) is 2. The number of halogens is 1. The molecular formula is C20H28IN3O. The fourth-order valence-corrected chi connectivity index (χ4v) is 2.51. The van der Waals surface area contributed by atoms with Gasteiger partial charge in [0.25, 0.3) is 0 Å². The Balaban J connectivity index is 0.00000312. The molecule has 4 nitrogen and oxygen atoms in total. The highest BCUT2D eigenvalue weighted by Gasteiger charge is 2.05. The molecular weight excluding hydrogens is 425 g/mol. The molecule has 25 heavy (non-hydrogen) atoms. The van der Waals surface area contributed by atoms with Crippen LogP contribution >= 0.6 is 24.0 Å². The minimum Gasteiger partial charge on any atom is -0.497 e. The zero-order valence-electron chi connectivity index (χ0n) is 15.2. The van der Waals surface area contributed by atoms with Crippen LogP contribution in [0.3, 0.4) is 0 Å². The largest absolute Gasteiger partial charge is 0.497 e. The van der Waals surface area contributed by atoms with Crippen LogP contribution in [0.25, 0.3) is 0 Å². The fraction of sp³-hybridized carbons (Fsp3) is 0.350. The van der Waals surface area contributed by atoms with Crippen LogP contribution in [-0.4, -0.2) is 26.7 Å². The molecule has 0 spiro atoms. The number of ether oxygens (including phenoxy) is 1. The highest BCUT2D eigenvalue weighted by atomic mass is 127. The number of hydrogen-bond acceptors (Lipinski definition) is 2. The van der Waals surface area contributed by atoms with Crippen LogP contribution in [0, 0.1) is 0 Å². The third-order valence-electron chi connectivity index (χ3n) is 4.08. The standard InChI is InChI=1S/C20H27N3O.HI/c1-16(18-7-5-4-6-8-18)13-14-22-20(21-2)23-15-17-9-11-19(24-3)12-10-17;/h4-12,16H,13-15H2,1-3H3,(H2,21,22,23);1H. The number of methoxy groups -OCH3 is 1. The van der Waals surface area contributed by atoms with Crippen LogP contribution in [0.1, 0.15) is 30.4 Å². The third-order valence-corrected chi connectivity index (χ3v) is 4.08. The first kappa shape index (κ1) is 21.3. The summed E-state index contributed by atoms with van der Waals surface area (Å²) >= 11 is 0. The first-order valence-electron chi connectivity index (χ1n) is 8.35. The number of benzene rings is 2. The Hall–Kier alpha value is -1.76. The molecule has 136 valence electrons. The van der Waals surface area contributed by atoms with Crippen molar-refractivity contribution in [3.63, 3.8) is 0 Å². The molecule has 0 aliphatic carbocycles. The molecule has 0 saturated carbocycles. The highest BCUT2D eigenvalue weighted by molar-refractivity contribution is 14.0.